The van der Waals surface area contributed by atoms with Crippen LogP contribution in [0.4, 0.5) is 20.3 Å². The zero-order chi connectivity index (χ0) is 34.5. The molecule has 0 bridgehead atoms. The van der Waals surface area contributed by atoms with Gasteiger partial charge in [-0.15, -0.1) is 0 Å². The van der Waals surface area contributed by atoms with Crippen LogP contribution in [-0.2, 0) is 11.3 Å². The van der Waals surface area contributed by atoms with E-state index in [2.05, 4.69) is 25.2 Å². The van der Waals surface area contributed by atoms with E-state index in [1.807, 2.05) is 0 Å². The summed E-state index contributed by atoms with van der Waals surface area (Å²) < 4.78 is 53.5. The van der Waals surface area contributed by atoms with Crippen LogP contribution in [0, 0.1) is 11.6 Å². The predicted octanol–water partition coefficient (Wildman–Crippen LogP) is 6.31. The lowest BCUT2D eigenvalue weighted by Crippen LogP contribution is -2.37. The van der Waals surface area contributed by atoms with Gasteiger partial charge in [0, 0.05) is 49.8 Å². The molecule has 6 aromatic rings. The first-order chi connectivity index (χ1) is 24.4. The molecule has 0 saturated carbocycles. The number of methoxy groups -OCH3 is 1. The fourth-order valence-corrected chi connectivity index (χ4v) is 5.82. The molecule has 1 aliphatic rings. The minimum Gasteiger partial charge on any atom is -0.493 e. The Morgan fingerprint density at radius 3 is 2.56 bits per heavy atom. The normalized spacial score (nSPS) is 13.4. The number of fused-ring (bicyclic) bond motifs is 2. The average molecular weight is 681 g/mol. The lowest BCUT2D eigenvalue weighted by atomic mass is 10.1. The van der Waals surface area contributed by atoms with Crippen molar-refractivity contribution in [3.05, 3.63) is 113 Å². The van der Waals surface area contributed by atoms with Gasteiger partial charge in [-0.2, -0.15) is 0 Å². The summed E-state index contributed by atoms with van der Waals surface area (Å²) in [5.41, 5.74) is 1.37. The first kappa shape index (κ1) is 32.9. The van der Waals surface area contributed by atoms with Gasteiger partial charge in [0.25, 0.3) is 5.56 Å². The van der Waals surface area contributed by atoms with Crippen molar-refractivity contribution < 1.29 is 27.7 Å². The molecule has 0 radical (unpaired) electrons. The largest absolute Gasteiger partial charge is 0.493 e. The average Bonchev–Trinajstić information content (AvgIpc) is 3.13. The van der Waals surface area contributed by atoms with E-state index in [-0.39, 0.29) is 35.4 Å². The standard InChI is InChI=1S/C37H34F2N6O5/c1-47-32-21-30-28(20-33(32)49-16-2-12-44-14-17-48-18-15-44)36(42-23-41-30)50-31-8-7-27(19-29(31)39)43-35-34-25(9-11-40-35)10-13-45(37(34)46)22-24-3-5-26(38)6-4-24/h3-11,13,19-21,23H,2,12,14-18,22H2,1H3,(H,40,43). The summed E-state index contributed by atoms with van der Waals surface area (Å²) in [5.74, 6) is 0.348. The molecule has 1 fully saturated rings. The van der Waals surface area contributed by atoms with Gasteiger partial charge in [0.05, 0.1) is 49.8 Å². The number of halogens is 2. The molecular formula is C37H34F2N6O5. The van der Waals surface area contributed by atoms with Crippen LogP contribution in [0.2, 0.25) is 0 Å². The van der Waals surface area contributed by atoms with Crippen LogP contribution in [0.15, 0.2) is 90.2 Å². The van der Waals surface area contributed by atoms with Crippen LogP contribution < -0.4 is 25.1 Å². The van der Waals surface area contributed by atoms with Crippen LogP contribution in [0.5, 0.6) is 23.1 Å². The first-order valence-electron chi connectivity index (χ1n) is 16.2. The van der Waals surface area contributed by atoms with Crippen LogP contribution in [0.1, 0.15) is 12.0 Å². The molecule has 3 aromatic heterocycles. The second kappa shape index (κ2) is 14.8. The Balaban J connectivity index is 1.09. The smallest absolute Gasteiger partial charge is 0.262 e. The Labute approximate surface area is 286 Å². The SMILES string of the molecule is COc1cc2ncnc(Oc3ccc(Nc4nccc5ccn(Cc6ccc(F)cc6)c(=O)c45)cc3F)c2cc1OCCCN1CCOCC1. The fraction of sp³-hybridized carbons (Fsp3) is 0.243. The quantitative estimate of drug-likeness (QED) is 0.148. The van der Waals surface area contributed by atoms with E-state index in [1.165, 1.54) is 35.2 Å². The van der Waals surface area contributed by atoms with Crippen molar-refractivity contribution in [2.45, 2.75) is 13.0 Å². The topological polar surface area (TPSA) is 113 Å². The van der Waals surface area contributed by atoms with Crippen molar-refractivity contribution in [3.8, 4) is 23.1 Å². The van der Waals surface area contributed by atoms with Gasteiger partial charge in [0.15, 0.2) is 23.1 Å². The second-order valence-corrected chi connectivity index (χ2v) is 11.7. The molecule has 0 spiro atoms. The first-order valence-corrected chi connectivity index (χ1v) is 16.2. The number of nitrogens with zero attached hydrogens (tertiary/aromatic N) is 5. The summed E-state index contributed by atoms with van der Waals surface area (Å²) in [4.78, 5) is 28.9. The number of aromatic nitrogens is 4. The van der Waals surface area contributed by atoms with Crippen LogP contribution in [-0.4, -0.2) is 71.0 Å². The molecule has 256 valence electrons. The minimum absolute atomic E-state index is 0.0631. The third kappa shape index (κ3) is 7.33. The van der Waals surface area contributed by atoms with Gasteiger partial charge in [-0.1, -0.05) is 12.1 Å². The predicted molar refractivity (Wildman–Crippen MR) is 185 cm³/mol. The maximum absolute atomic E-state index is 15.5. The highest BCUT2D eigenvalue weighted by Crippen LogP contribution is 2.37. The molecule has 11 nitrogen and oxygen atoms in total. The van der Waals surface area contributed by atoms with Crippen molar-refractivity contribution >= 4 is 33.2 Å². The Kier molecular flexibility index (Phi) is 9.76. The number of benzene rings is 3. The lowest BCUT2D eigenvalue weighted by molar-refractivity contribution is 0.0357. The molecule has 1 saturated heterocycles. The molecule has 3 aromatic carbocycles. The Morgan fingerprint density at radius 1 is 0.920 bits per heavy atom. The molecule has 0 atom stereocenters. The number of nitrogens with one attached hydrogen (secondary N) is 1. The summed E-state index contributed by atoms with van der Waals surface area (Å²) >= 11 is 0. The van der Waals surface area contributed by atoms with Crippen molar-refractivity contribution in [1.82, 2.24) is 24.4 Å². The summed E-state index contributed by atoms with van der Waals surface area (Å²) in [7, 11) is 1.56. The van der Waals surface area contributed by atoms with E-state index < -0.39 is 5.82 Å². The summed E-state index contributed by atoms with van der Waals surface area (Å²) in [6, 6.07) is 17.3. The zero-order valence-electron chi connectivity index (χ0n) is 27.3. The van der Waals surface area contributed by atoms with Gasteiger partial charge in [-0.05, 0) is 59.8 Å². The van der Waals surface area contributed by atoms with E-state index in [0.29, 0.717) is 45.5 Å². The van der Waals surface area contributed by atoms with Gasteiger partial charge in [0.2, 0.25) is 5.88 Å². The molecule has 0 aliphatic carbocycles. The monoisotopic (exact) mass is 680 g/mol. The Bertz CT molecular complexity index is 2190. The number of rotatable bonds is 12. The number of hydrogen-bond acceptors (Lipinski definition) is 10. The molecular weight excluding hydrogens is 646 g/mol. The zero-order valence-corrected chi connectivity index (χ0v) is 27.3. The number of morpholine rings is 1. The van der Waals surface area contributed by atoms with E-state index in [1.54, 1.807) is 62.0 Å². The van der Waals surface area contributed by atoms with E-state index >= 15 is 4.39 Å². The molecule has 13 heteroatoms. The maximum Gasteiger partial charge on any atom is 0.262 e. The molecule has 1 aliphatic heterocycles. The van der Waals surface area contributed by atoms with Crippen LogP contribution in [0.25, 0.3) is 21.7 Å². The van der Waals surface area contributed by atoms with Crippen molar-refractivity contribution in [2.24, 2.45) is 0 Å². The van der Waals surface area contributed by atoms with Gasteiger partial charge < -0.3 is 28.8 Å². The van der Waals surface area contributed by atoms with E-state index in [0.717, 1.165) is 44.8 Å². The maximum atomic E-state index is 15.5. The van der Waals surface area contributed by atoms with Gasteiger partial charge in [0.1, 0.15) is 18.0 Å². The highest BCUT2D eigenvalue weighted by Gasteiger charge is 2.17. The van der Waals surface area contributed by atoms with Crippen molar-refractivity contribution in [3.63, 3.8) is 0 Å². The Morgan fingerprint density at radius 2 is 1.76 bits per heavy atom. The van der Waals surface area contributed by atoms with E-state index in [4.69, 9.17) is 18.9 Å². The molecule has 50 heavy (non-hydrogen) atoms. The second-order valence-electron chi connectivity index (χ2n) is 11.7. The fourth-order valence-electron chi connectivity index (χ4n) is 5.82. The third-order valence-corrected chi connectivity index (χ3v) is 8.42. The number of hydrogen-bond donors (Lipinski definition) is 1. The summed E-state index contributed by atoms with van der Waals surface area (Å²) in [5, 5.41) is 4.60. The highest BCUT2D eigenvalue weighted by atomic mass is 19.1. The minimum atomic E-state index is -0.663. The van der Waals surface area contributed by atoms with Crippen LogP contribution in [0.3, 0.4) is 0 Å². The third-order valence-electron chi connectivity index (χ3n) is 8.42. The van der Waals surface area contributed by atoms with Gasteiger partial charge in [-0.25, -0.2) is 23.7 Å². The van der Waals surface area contributed by atoms with E-state index in [9.17, 15) is 9.18 Å². The molecule has 0 unspecified atom stereocenters. The molecule has 1 N–H and O–H groups in total. The van der Waals surface area contributed by atoms with Crippen LogP contribution >= 0.6 is 0 Å². The van der Waals surface area contributed by atoms with Gasteiger partial charge in [-0.3, -0.25) is 9.69 Å². The number of anilines is 2. The van der Waals surface area contributed by atoms with Crippen molar-refractivity contribution in [2.75, 3.05) is 51.9 Å². The lowest BCUT2D eigenvalue weighted by Gasteiger charge is -2.26. The Hall–Kier alpha value is -5.66. The number of pyridine rings is 2. The van der Waals surface area contributed by atoms with Crippen molar-refractivity contribution in [1.29, 1.82) is 0 Å². The summed E-state index contributed by atoms with van der Waals surface area (Å²) in [6.07, 6.45) is 5.41. The van der Waals surface area contributed by atoms with Gasteiger partial charge >= 0.3 is 0 Å². The highest BCUT2D eigenvalue weighted by molar-refractivity contribution is 5.92. The number of ether oxygens (including phenoxy) is 4. The summed E-state index contributed by atoms with van der Waals surface area (Å²) in [6.45, 7) is 4.92. The molecule has 4 heterocycles. The molecule has 0 amide bonds. The molecule has 7 rings (SSSR count).